The maximum absolute atomic E-state index is 12.8. The highest BCUT2D eigenvalue weighted by Crippen LogP contribution is 2.27. The SMILES string of the molecule is O=C(Cl)CC(c1ccc(OCC(F)(F)C(F)F)cc1)n1cc[nH]c1=O. The minimum absolute atomic E-state index is 0.0542. The van der Waals surface area contributed by atoms with Crippen molar-refractivity contribution in [2.75, 3.05) is 6.61 Å². The Balaban J connectivity index is 2.17. The van der Waals surface area contributed by atoms with Crippen LogP contribution in [-0.4, -0.2) is 33.7 Å². The van der Waals surface area contributed by atoms with Crippen molar-refractivity contribution in [3.8, 4) is 5.75 Å². The Morgan fingerprint density at radius 3 is 2.40 bits per heavy atom. The number of ether oxygens (including phenoxy) is 1. The summed E-state index contributed by atoms with van der Waals surface area (Å²) in [7, 11) is 0. The molecule has 1 atom stereocenters. The molecule has 0 bridgehead atoms. The van der Waals surface area contributed by atoms with Crippen molar-refractivity contribution in [2.24, 2.45) is 0 Å². The molecule has 1 unspecified atom stereocenters. The fraction of sp³-hybridized carbons (Fsp3) is 0.333. The van der Waals surface area contributed by atoms with E-state index < -0.39 is 35.9 Å². The maximum atomic E-state index is 12.8. The van der Waals surface area contributed by atoms with E-state index in [0.29, 0.717) is 5.56 Å². The lowest BCUT2D eigenvalue weighted by atomic mass is 10.0. The van der Waals surface area contributed by atoms with E-state index in [9.17, 15) is 27.2 Å². The van der Waals surface area contributed by atoms with Crippen molar-refractivity contribution in [1.29, 1.82) is 0 Å². The Morgan fingerprint density at radius 1 is 1.28 bits per heavy atom. The first-order valence-electron chi connectivity index (χ1n) is 7.03. The molecule has 1 aromatic heterocycles. The summed E-state index contributed by atoms with van der Waals surface area (Å²) in [5.41, 5.74) is 0.0310. The van der Waals surface area contributed by atoms with E-state index in [1.165, 1.54) is 41.2 Å². The van der Waals surface area contributed by atoms with Gasteiger partial charge in [0.15, 0.2) is 6.61 Å². The van der Waals surface area contributed by atoms with Crippen LogP contribution in [0.1, 0.15) is 18.0 Å². The predicted molar refractivity (Wildman–Crippen MR) is 81.6 cm³/mol. The van der Waals surface area contributed by atoms with E-state index in [-0.39, 0.29) is 12.2 Å². The van der Waals surface area contributed by atoms with E-state index in [1.54, 1.807) is 0 Å². The van der Waals surface area contributed by atoms with Gasteiger partial charge >= 0.3 is 18.0 Å². The van der Waals surface area contributed by atoms with Gasteiger partial charge in [0, 0.05) is 18.8 Å². The molecule has 0 saturated carbocycles. The van der Waals surface area contributed by atoms with Crippen molar-refractivity contribution in [2.45, 2.75) is 24.8 Å². The number of nitrogens with zero attached hydrogens (tertiary/aromatic N) is 1. The zero-order valence-corrected chi connectivity index (χ0v) is 13.4. The first-order chi connectivity index (χ1) is 11.7. The number of nitrogens with one attached hydrogen (secondary N) is 1. The third-order valence-electron chi connectivity index (χ3n) is 3.38. The first-order valence-corrected chi connectivity index (χ1v) is 7.41. The van der Waals surface area contributed by atoms with E-state index in [1.807, 2.05) is 0 Å². The van der Waals surface area contributed by atoms with E-state index in [2.05, 4.69) is 9.72 Å². The van der Waals surface area contributed by atoms with Gasteiger partial charge < -0.3 is 9.72 Å². The number of benzene rings is 1. The quantitative estimate of drug-likeness (QED) is 0.565. The monoisotopic (exact) mass is 380 g/mol. The summed E-state index contributed by atoms with van der Waals surface area (Å²) in [6.45, 7) is -1.47. The van der Waals surface area contributed by atoms with E-state index >= 15 is 0 Å². The highest BCUT2D eigenvalue weighted by Gasteiger charge is 2.41. The Kier molecular flexibility index (Phi) is 5.89. The lowest BCUT2D eigenvalue weighted by Gasteiger charge is -2.18. The molecule has 1 N–H and O–H groups in total. The van der Waals surface area contributed by atoms with Crippen molar-refractivity contribution >= 4 is 16.8 Å². The van der Waals surface area contributed by atoms with Gasteiger partial charge in [0.05, 0.1) is 6.04 Å². The molecule has 2 rings (SSSR count). The van der Waals surface area contributed by atoms with Gasteiger partial charge in [-0.1, -0.05) is 12.1 Å². The number of H-pyrrole nitrogens is 1. The highest BCUT2D eigenvalue weighted by atomic mass is 35.5. The Morgan fingerprint density at radius 2 is 1.92 bits per heavy atom. The van der Waals surface area contributed by atoms with Gasteiger partial charge in [0.2, 0.25) is 5.24 Å². The summed E-state index contributed by atoms with van der Waals surface area (Å²) in [6, 6.07) is 4.71. The Hall–Kier alpha value is -2.29. The van der Waals surface area contributed by atoms with Crippen LogP contribution in [0.25, 0.3) is 0 Å². The Labute approximate surface area is 144 Å². The minimum atomic E-state index is -4.26. The number of halogens is 5. The number of carbonyl (C=O) groups is 1. The van der Waals surface area contributed by atoms with Crippen molar-refractivity contribution in [3.05, 3.63) is 52.7 Å². The lowest BCUT2D eigenvalue weighted by Crippen LogP contribution is -2.33. The number of hydrogen-bond donors (Lipinski definition) is 1. The molecule has 0 aliphatic heterocycles. The van der Waals surface area contributed by atoms with Crippen LogP contribution in [-0.2, 0) is 4.79 Å². The molecule has 0 spiro atoms. The maximum Gasteiger partial charge on any atom is 0.340 e. The second-order valence-electron chi connectivity index (χ2n) is 5.17. The van der Waals surface area contributed by atoms with Crippen LogP contribution in [0.2, 0.25) is 0 Å². The molecule has 0 amide bonds. The average Bonchev–Trinajstić information content (AvgIpc) is 2.97. The number of rotatable bonds is 8. The fourth-order valence-corrected chi connectivity index (χ4v) is 2.28. The summed E-state index contributed by atoms with van der Waals surface area (Å²) in [5.74, 6) is -4.31. The summed E-state index contributed by atoms with van der Waals surface area (Å²) in [4.78, 5) is 25.4. The van der Waals surface area contributed by atoms with Crippen LogP contribution < -0.4 is 10.4 Å². The summed E-state index contributed by atoms with van der Waals surface area (Å²) < 4.78 is 55.8. The van der Waals surface area contributed by atoms with Crippen LogP contribution in [0.4, 0.5) is 17.6 Å². The normalized spacial score (nSPS) is 13.0. The van der Waals surface area contributed by atoms with Gasteiger partial charge in [-0.2, -0.15) is 8.78 Å². The standard InChI is InChI=1S/C15H13ClF4N2O3/c16-12(23)7-11(22-6-5-21-14(22)24)9-1-3-10(4-2-9)25-8-15(19,20)13(17)18/h1-6,11,13H,7-8H2,(H,21,24). The molecule has 0 aliphatic carbocycles. The number of hydrogen-bond acceptors (Lipinski definition) is 3. The van der Waals surface area contributed by atoms with Gasteiger partial charge in [-0.3, -0.25) is 9.36 Å². The van der Waals surface area contributed by atoms with Crippen LogP contribution in [0.5, 0.6) is 5.75 Å². The molecular formula is C15H13ClF4N2O3. The van der Waals surface area contributed by atoms with Crippen molar-refractivity contribution < 1.29 is 27.1 Å². The number of carbonyl (C=O) groups excluding carboxylic acids is 1. The highest BCUT2D eigenvalue weighted by molar-refractivity contribution is 6.63. The summed E-state index contributed by atoms with van der Waals surface area (Å²) >= 11 is 5.41. The predicted octanol–water partition coefficient (Wildman–Crippen LogP) is 3.20. The number of aromatic amines is 1. The number of alkyl halides is 4. The number of imidazole rings is 1. The second-order valence-corrected chi connectivity index (χ2v) is 5.59. The van der Waals surface area contributed by atoms with Gasteiger partial charge in [0.1, 0.15) is 5.75 Å². The van der Waals surface area contributed by atoms with Gasteiger partial charge in [-0.05, 0) is 29.3 Å². The van der Waals surface area contributed by atoms with Crippen molar-refractivity contribution in [3.63, 3.8) is 0 Å². The van der Waals surface area contributed by atoms with Gasteiger partial charge in [-0.15, -0.1) is 0 Å². The molecular weight excluding hydrogens is 368 g/mol. The molecule has 25 heavy (non-hydrogen) atoms. The van der Waals surface area contributed by atoms with Crippen LogP contribution in [0, 0.1) is 0 Å². The van der Waals surface area contributed by atoms with Crippen LogP contribution in [0.15, 0.2) is 41.5 Å². The van der Waals surface area contributed by atoms with Crippen molar-refractivity contribution in [1.82, 2.24) is 9.55 Å². The molecule has 1 aromatic carbocycles. The topological polar surface area (TPSA) is 64.1 Å². The molecule has 5 nitrogen and oxygen atoms in total. The molecule has 136 valence electrons. The summed E-state index contributed by atoms with van der Waals surface area (Å²) in [6.07, 6.45) is -1.19. The van der Waals surface area contributed by atoms with Crippen LogP contribution in [0.3, 0.4) is 0 Å². The molecule has 1 heterocycles. The van der Waals surface area contributed by atoms with Gasteiger partial charge in [-0.25, -0.2) is 13.6 Å². The molecule has 10 heteroatoms. The molecule has 0 radical (unpaired) electrons. The second kappa shape index (κ2) is 7.73. The van der Waals surface area contributed by atoms with E-state index in [0.717, 1.165) is 0 Å². The average molecular weight is 381 g/mol. The number of aromatic nitrogens is 2. The minimum Gasteiger partial charge on any atom is -0.487 e. The molecule has 0 saturated heterocycles. The fourth-order valence-electron chi connectivity index (χ4n) is 2.13. The first kappa shape index (κ1) is 19.0. The molecule has 2 aromatic rings. The zero-order chi connectivity index (χ0) is 18.6. The zero-order valence-electron chi connectivity index (χ0n) is 12.6. The van der Waals surface area contributed by atoms with E-state index in [4.69, 9.17) is 11.6 Å². The third-order valence-corrected chi connectivity index (χ3v) is 3.54. The molecule has 0 aliphatic rings. The van der Waals surface area contributed by atoms with Crippen LogP contribution >= 0.6 is 11.6 Å². The molecule has 0 fully saturated rings. The lowest BCUT2D eigenvalue weighted by molar-refractivity contribution is -0.148. The summed E-state index contributed by atoms with van der Waals surface area (Å²) in [5, 5.41) is -0.671. The largest absolute Gasteiger partial charge is 0.487 e. The Bertz CT molecular complexity index is 774. The third kappa shape index (κ3) is 4.85. The smallest absolute Gasteiger partial charge is 0.340 e. The van der Waals surface area contributed by atoms with Gasteiger partial charge in [0.25, 0.3) is 0 Å².